The van der Waals surface area contributed by atoms with Gasteiger partial charge in [0, 0.05) is 6.42 Å². The monoisotopic (exact) mass is 521 g/mol. The topological polar surface area (TPSA) is 72.9 Å². The Hall–Kier alpha value is -2.90. The summed E-state index contributed by atoms with van der Waals surface area (Å²) in [4.78, 5) is 14.1. The molecule has 0 fully saturated rings. The number of aryl methyl sites for hydroxylation is 1. The van der Waals surface area contributed by atoms with Crippen LogP contribution in [-0.4, -0.2) is 39.7 Å². The number of fused-ring (bicyclic) bond motifs is 3. The molecule has 0 N–H and O–H groups in total. The van der Waals surface area contributed by atoms with Crippen LogP contribution in [0.2, 0.25) is 0 Å². The van der Waals surface area contributed by atoms with Crippen molar-refractivity contribution in [3.63, 3.8) is 0 Å². The maximum Gasteiger partial charge on any atom is 0.339 e. The molecule has 37 heavy (non-hydrogen) atoms. The Balaban J connectivity index is 1.83. The van der Waals surface area contributed by atoms with E-state index in [1.54, 1.807) is 16.4 Å². The van der Waals surface area contributed by atoms with Crippen LogP contribution in [0.1, 0.15) is 58.1 Å². The Morgan fingerprint density at radius 1 is 0.919 bits per heavy atom. The number of para-hydroxylation sites is 1. The van der Waals surface area contributed by atoms with E-state index >= 15 is 0 Å². The number of esters is 1. The fourth-order valence-electron chi connectivity index (χ4n) is 6.54. The number of anilines is 1. The van der Waals surface area contributed by atoms with Crippen LogP contribution < -0.4 is 4.31 Å². The van der Waals surface area contributed by atoms with E-state index in [-0.39, 0.29) is 4.90 Å². The second kappa shape index (κ2) is 8.84. The summed E-state index contributed by atoms with van der Waals surface area (Å²) in [6.45, 7) is 10.4. The predicted octanol–water partition coefficient (Wildman–Crippen LogP) is 5.61. The molecule has 0 amide bonds. The van der Waals surface area contributed by atoms with Crippen molar-refractivity contribution in [3.05, 3.63) is 82.0 Å². The summed E-state index contributed by atoms with van der Waals surface area (Å²) in [6.07, 6.45) is 1.35. The van der Waals surface area contributed by atoms with Gasteiger partial charge in [-0.3, -0.25) is 4.31 Å². The van der Waals surface area contributed by atoms with Gasteiger partial charge in [0.15, 0.2) is 5.60 Å². The van der Waals surface area contributed by atoms with E-state index in [0.717, 1.165) is 33.4 Å². The number of ether oxygens (including phenoxy) is 2. The summed E-state index contributed by atoms with van der Waals surface area (Å²) in [5, 5.41) is 0. The lowest BCUT2D eigenvalue weighted by molar-refractivity contribution is -0.184. The Bertz CT molecular complexity index is 1440. The van der Waals surface area contributed by atoms with Crippen molar-refractivity contribution in [2.24, 2.45) is 0 Å². The highest BCUT2D eigenvalue weighted by atomic mass is 32.2. The Morgan fingerprint density at radius 3 is 2.22 bits per heavy atom. The van der Waals surface area contributed by atoms with Crippen molar-refractivity contribution in [1.82, 2.24) is 0 Å². The van der Waals surface area contributed by atoms with Crippen molar-refractivity contribution in [2.45, 2.75) is 75.8 Å². The van der Waals surface area contributed by atoms with Crippen LogP contribution in [0.4, 0.5) is 5.69 Å². The molecule has 6 nitrogen and oxygen atoms in total. The van der Waals surface area contributed by atoms with Gasteiger partial charge in [-0.1, -0.05) is 52.6 Å². The Kier molecular flexibility index (Phi) is 6.15. The molecule has 0 radical (unpaired) electrons. The van der Waals surface area contributed by atoms with Crippen molar-refractivity contribution < 1.29 is 22.7 Å². The first-order valence-electron chi connectivity index (χ1n) is 12.7. The van der Waals surface area contributed by atoms with Crippen molar-refractivity contribution in [1.29, 1.82) is 0 Å². The van der Waals surface area contributed by atoms with Gasteiger partial charge in [0.2, 0.25) is 0 Å². The molecule has 2 heterocycles. The molecule has 0 unspecified atom stereocenters. The van der Waals surface area contributed by atoms with E-state index in [1.165, 1.54) is 7.11 Å². The first kappa shape index (κ1) is 25.7. The van der Waals surface area contributed by atoms with Crippen LogP contribution in [0.5, 0.6) is 0 Å². The number of rotatable bonds is 4. The molecular formula is C30H35NO5S. The SMILES string of the molecule is COC(=O)[C@]1([C@]23CC(C)=C(C)C[C@@H]2N(S(=O)(=O)c2ccc(C)cc2)c2ccccc23)CC(C)=C(C)CO1. The lowest BCUT2D eigenvalue weighted by Crippen LogP contribution is -2.67. The van der Waals surface area contributed by atoms with Gasteiger partial charge in [-0.25, -0.2) is 13.2 Å². The second-order valence-electron chi connectivity index (χ2n) is 10.9. The average Bonchev–Trinajstić information content (AvgIpc) is 3.17. The van der Waals surface area contributed by atoms with E-state index in [1.807, 2.05) is 57.2 Å². The molecule has 3 aliphatic rings. The van der Waals surface area contributed by atoms with Gasteiger partial charge in [-0.05, 0) is 76.8 Å². The summed E-state index contributed by atoms with van der Waals surface area (Å²) in [7, 11) is -2.56. The van der Waals surface area contributed by atoms with Gasteiger partial charge in [-0.15, -0.1) is 0 Å². The molecule has 3 atom stereocenters. The van der Waals surface area contributed by atoms with E-state index in [2.05, 4.69) is 13.8 Å². The summed E-state index contributed by atoms with van der Waals surface area (Å²) in [5.41, 5.74) is 4.53. The quantitative estimate of drug-likeness (QED) is 0.386. The van der Waals surface area contributed by atoms with E-state index in [0.29, 0.717) is 31.6 Å². The molecule has 196 valence electrons. The third kappa shape index (κ3) is 3.54. The molecule has 7 heteroatoms. The van der Waals surface area contributed by atoms with Crippen LogP contribution in [-0.2, 0) is 29.7 Å². The lowest BCUT2D eigenvalue weighted by Gasteiger charge is -2.54. The highest BCUT2D eigenvalue weighted by Crippen LogP contribution is 2.62. The lowest BCUT2D eigenvalue weighted by atomic mass is 9.55. The van der Waals surface area contributed by atoms with Crippen molar-refractivity contribution in [2.75, 3.05) is 18.0 Å². The summed E-state index contributed by atoms with van der Waals surface area (Å²) < 4.78 is 42.4. The van der Waals surface area contributed by atoms with Crippen LogP contribution >= 0.6 is 0 Å². The number of nitrogens with zero attached hydrogens (tertiary/aromatic N) is 1. The molecule has 2 aliphatic heterocycles. The molecule has 0 spiro atoms. The van der Waals surface area contributed by atoms with E-state index in [4.69, 9.17) is 9.47 Å². The number of allylic oxidation sites excluding steroid dienone is 1. The average molecular weight is 522 g/mol. The fraction of sp³-hybridized carbons (Fsp3) is 0.433. The molecule has 2 aromatic carbocycles. The smallest absolute Gasteiger partial charge is 0.339 e. The van der Waals surface area contributed by atoms with E-state index < -0.39 is 33.1 Å². The maximum absolute atomic E-state index is 14.4. The maximum atomic E-state index is 14.4. The molecular weight excluding hydrogens is 486 g/mol. The first-order valence-corrected chi connectivity index (χ1v) is 14.2. The molecule has 0 aromatic heterocycles. The number of benzene rings is 2. The van der Waals surface area contributed by atoms with Crippen molar-refractivity contribution in [3.8, 4) is 0 Å². The largest absolute Gasteiger partial charge is 0.467 e. The zero-order chi connectivity index (χ0) is 26.8. The summed E-state index contributed by atoms with van der Waals surface area (Å²) in [5.74, 6) is -0.457. The highest BCUT2D eigenvalue weighted by molar-refractivity contribution is 7.92. The van der Waals surface area contributed by atoms with Gasteiger partial charge in [0.1, 0.15) is 0 Å². The van der Waals surface area contributed by atoms with Gasteiger partial charge < -0.3 is 9.47 Å². The standard InChI is InChI=1S/C30H35NO5S/c1-19-11-13-24(14-12-19)37(33,34)31-26-10-8-7-9-25(26)29(16-21(3)20(2)15-27(29)31)30(28(32)35-6)17-22(4)23(5)18-36-30/h7-14,27H,15-18H2,1-6H3/t27-,29-,30-/m0/s1. The molecule has 0 bridgehead atoms. The Labute approximate surface area is 220 Å². The van der Waals surface area contributed by atoms with Crippen LogP contribution in [0, 0.1) is 6.92 Å². The van der Waals surface area contributed by atoms with Crippen LogP contribution in [0.15, 0.2) is 75.7 Å². The third-order valence-electron chi connectivity index (χ3n) is 8.84. The first-order chi connectivity index (χ1) is 17.5. The molecule has 1 aliphatic carbocycles. The zero-order valence-corrected chi connectivity index (χ0v) is 23.2. The van der Waals surface area contributed by atoms with Crippen molar-refractivity contribution >= 4 is 21.7 Å². The summed E-state index contributed by atoms with van der Waals surface area (Å²) >= 11 is 0. The minimum atomic E-state index is -3.95. The van der Waals surface area contributed by atoms with E-state index in [9.17, 15) is 13.2 Å². The Morgan fingerprint density at radius 2 is 1.57 bits per heavy atom. The molecule has 0 saturated heterocycles. The fourth-order valence-corrected chi connectivity index (χ4v) is 8.25. The number of hydrogen-bond acceptors (Lipinski definition) is 5. The van der Waals surface area contributed by atoms with Crippen LogP contribution in [0.25, 0.3) is 0 Å². The molecule has 5 rings (SSSR count). The number of methoxy groups -OCH3 is 1. The summed E-state index contributed by atoms with van der Waals surface area (Å²) in [6, 6.07) is 14.0. The minimum absolute atomic E-state index is 0.233. The highest BCUT2D eigenvalue weighted by Gasteiger charge is 2.70. The number of hydrogen-bond donors (Lipinski definition) is 0. The normalized spacial score (nSPS) is 27.7. The predicted molar refractivity (Wildman–Crippen MR) is 144 cm³/mol. The molecule has 0 saturated carbocycles. The zero-order valence-electron chi connectivity index (χ0n) is 22.4. The van der Waals surface area contributed by atoms with Gasteiger partial charge in [0.05, 0.1) is 35.8 Å². The number of carbonyl (C=O) groups excluding carboxylic acids is 1. The number of carbonyl (C=O) groups is 1. The van der Waals surface area contributed by atoms with Gasteiger partial charge >= 0.3 is 5.97 Å². The second-order valence-corrected chi connectivity index (χ2v) is 12.7. The van der Waals surface area contributed by atoms with Gasteiger partial charge in [0.25, 0.3) is 10.0 Å². The third-order valence-corrected chi connectivity index (χ3v) is 10.7. The minimum Gasteiger partial charge on any atom is -0.467 e. The van der Waals surface area contributed by atoms with Crippen LogP contribution in [0.3, 0.4) is 0 Å². The number of sulfonamides is 1. The molecule has 2 aromatic rings. The van der Waals surface area contributed by atoms with Gasteiger partial charge in [-0.2, -0.15) is 0 Å².